The van der Waals surface area contributed by atoms with Crippen molar-refractivity contribution >= 4 is 11.7 Å². The summed E-state index contributed by atoms with van der Waals surface area (Å²) >= 11 is 0. The van der Waals surface area contributed by atoms with E-state index in [1.54, 1.807) is 25.1 Å². The van der Waals surface area contributed by atoms with E-state index in [9.17, 15) is 14.3 Å². The number of rotatable bonds is 5. The van der Waals surface area contributed by atoms with Crippen molar-refractivity contribution in [2.45, 2.75) is 88.4 Å². The number of hydrogen-bond donors (Lipinski definition) is 1. The molecule has 0 radical (unpaired) electrons. The molecule has 0 unspecified atom stereocenters. The third-order valence-corrected chi connectivity index (χ3v) is 10.8. The summed E-state index contributed by atoms with van der Waals surface area (Å²) in [5.74, 6) is 0.883. The van der Waals surface area contributed by atoms with Gasteiger partial charge in [0.1, 0.15) is 24.3 Å². The number of aromatic nitrogens is 4. The number of ether oxygens (including phenoxy) is 2. The number of nitrogens with zero attached hydrogens (tertiary/aromatic N) is 7. The van der Waals surface area contributed by atoms with E-state index in [2.05, 4.69) is 14.9 Å². The first kappa shape index (κ1) is 29.6. The number of benzene rings is 1. The zero-order valence-electron chi connectivity index (χ0n) is 26.7. The molecular weight excluding hydrogens is 589 g/mol. The number of fused-ring (bicyclic) bond motifs is 5. The number of amides is 1. The number of anilines is 1. The molecule has 4 aliphatic heterocycles. The van der Waals surface area contributed by atoms with Crippen LogP contribution in [0.4, 0.5) is 10.2 Å². The molecule has 3 aromatic rings. The van der Waals surface area contributed by atoms with Crippen LogP contribution in [0.3, 0.4) is 0 Å². The van der Waals surface area contributed by atoms with Crippen molar-refractivity contribution in [1.82, 2.24) is 29.5 Å². The number of aromatic hydroxyl groups is 1. The summed E-state index contributed by atoms with van der Waals surface area (Å²) in [4.78, 5) is 28.8. The van der Waals surface area contributed by atoms with Gasteiger partial charge in [-0.05, 0) is 74.4 Å². The third-order valence-electron chi connectivity index (χ3n) is 10.8. The average Bonchev–Trinajstić information content (AvgIpc) is 3.66. The van der Waals surface area contributed by atoms with Gasteiger partial charge < -0.3 is 24.4 Å². The molecule has 3 atom stereocenters. The Labute approximate surface area is 268 Å². The second-order valence-electron chi connectivity index (χ2n) is 14.0. The van der Waals surface area contributed by atoms with Gasteiger partial charge in [-0.3, -0.25) is 14.4 Å². The van der Waals surface area contributed by atoms with E-state index in [-0.39, 0.29) is 17.2 Å². The highest BCUT2D eigenvalue weighted by Crippen LogP contribution is 2.47. The number of phenolic OH excluding ortho intramolecular Hbond substituents is 1. The van der Waals surface area contributed by atoms with Crippen molar-refractivity contribution in [2.75, 3.05) is 45.2 Å². The van der Waals surface area contributed by atoms with Gasteiger partial charge in [-0.15, -0.1) is 0 Å². The first-order valence-electron chi connectivity index (χ1n) is 16.6. The van der Waals surface area contributed by atoms with Crippen LogP contribution >= 0.6 is 0 Å². The van der Waals surface area contributed by atoms with Crippen molar-refractivity contribution in [3.63, 3.8) is 0 Å². The van der Waals surface area contributed by atoms with Gasteiger partial charge in [0, 0.05) is 52.1 Å². The molecule has 46 heavy (non-hydrogen) atoms. The summed E-state index contributed by atoms with van der Waals surface area (Å²) < 4.78 is 29.7. The maximum absolute atomic E-state index is 14.6. The molecule has 244 valence electrons. The SMILES string of the molecule is CN(C)C(=O)c1cc2n(n1)CCCN(c1nc(OC[C@@]34CCCN3C[C@H](F)C4)nc3c1CO[C@@]1(CCCc4ccc(O)cc41)C3)C2. The van der Waals surface area contributed by atoms with Gasteiger partial charge >= 0.3 is 6.01 Å². The molecule has 1 N–H and O–H groups in total. The highest BCUT2D eigenvalue weighted by molar-refractivity contribution is 5.92. The molecule has 12 heteroatoms. The number of halogens is 1. The van der Waals surface area contributed by atoms with E-state index in [0.29, 0.717) is 57.4 Å². The number of carbonyl (C=O) groups excluding carboxylic acids is 1. The second kappa shape index (κ2) is 11.2. The summed E-state index contributed by atoms with van der Waals surface area (Å²) in [6.07, 6.45) is 5.73. The van der Waals surface area contributed by atoms with Gasteiger partial charge in [0.25, 0.3) is 5.91 Å². The zero-order valence-corrected chi connectivity index (χ0v) is 26.7. The quantitative estimate of drug-likeness (QED) is 0.451. The van der Waals surface area contributed by atoms with Crippen LogP contribution in [0.1, 0.15) is 77.1 Å². The van der Waals surface area contributed by atoms with Crippen LogP contribution in [0.5, 0.6) is 11.8 Å². The zero-order chi connectivity index (χ0) is 31.6. The summed E-state index contributed by atoms with van der Waals surface area (Å²) in [7, 11) is 3.47. The Morgan fingerprint density at radius 3 is 2.91 bits per heavy atom. The highest BCUT2D eigenvalue weighted by Gasteiger charge is 2.50. The molecule has 1 spiro atoms. The fourth-order valence-electron chi connectivity index (χ4n) is 8.51. The molecule has 8 rings (SSSR count). The van der Waals surface area contributed by atoms with Crippen molar-refractivity contribution in [3.05, 3.63) is 58.0 Å². The smallest absolute Gasteiger partial charge is 0.318 e. The lowest BCUT2D eigenvalue weighted by molar-refractivity contribution is -0.0856. The van der Waals surface area contributed by atoms with E-state index in [1.165, 1.54) is 5.56 Å². The summed E-state index contributed by atoms with van der Waals surface area (Å²) in [6.45, 7) is 4.02. The minimum Gasteiger partial charge on any atom is -0.508 e. The number of aryl methyl sites for hydroxylation is 2. The number of phenols is 1. The third kappa shape index (κ3) is 5.00. The van der Waals surface area contributed by atoms with Gasteiger partial charge in [0.2, 0.25) is 0 Å². The maximum atomic E-state index is 14.6. The van der Waals surface area contributed by atoms with Crippen LogP contribution in [0.15, 0.2) is 24.3 Å². The molecule has 1 amide bonds. The average molecular weight is 632 g/mol. The van der Waals surface area contributed by atoms with Crippen LogP contribution < -0.4 is 9.64 Å². The van der Waals surface area contributed by atoms with Gasteiger partial charge in [0.15, 0.2) is 5.69 Å². The lowest BCUT2D eigenvalue weighted by atomic mass is 9.75. The van der Waals surface area contributed by atoms with Gasteiger partial charge in [-0.25, -0.2) is 4.39 Å². The molecule has 0 saturated carbocycles. The van der Waals surface area contributed by atoms with Gasteiger partial charge in [-0.2, -0.15) is 15.1 Å². The summed E-state index contributed by atoms with van der Waals surface area (Å²) in [5, 5.41) is 15.0. The fourth-order valence-corrected chi connectivity index (χ4v) is 8.51. The number of hydrogen-bond acceptors (Lipinski definition) is 9. The predicted molar refractivity (Wildman–Crippen MR) is 168 cm³/mol. The molecule has 2 fully saturated rings. The number of alkyl halides is 1. The molecule has 2 aromatic heterocycles. The Hall–Kier alpha value is -3.77. The minimum atomic E-state index is -0.838. The largest absolute Gasteiger partial charge is 0.508 e. The van der Waals surface area contributed by atoms with E-state index in [1.807, 2.05) is 22.9 Å². The summed E-state index contributed by atoms with van der Waals surface area (Å²) in [5.41, 5.74) is 4.54. The first-order valence-corrected chi connectivity index (χ1v) is 16.6. The predicted octanol–water partition coefficient (Wildman–Crippen LogP) is 3.75. The van der Waals surface area contributed by atoms with E-state index < -0.39 is 11.8 Å². The molecule has 1 aromatic carbocycles. The lowest BCUT2D eigenvalue weighted by Gasteiger charge is -2.43. The molecule has 1 aliphatic carbocycles. The Bertz CT molecular complexity index is 1680. The molecular formula is C34H42FN7O4. The van der Waals surface area contributed by atoms with Crippen molar-refractivity contribution < 1.29 is 23.8 Å². The molecule has 0 bridgehead atoms. The maximum Gasteiger partial charge on any atom is 0.318 e. The van der Waals surface area contributed by atoms with Gasteiger partial charge in [0.05, 0.1) is 35.7 Å². The van der Waals surface area contributed by atoms with Crippen LogP contribution in [0.25, 0.3) is 0 Å². The van der Waals surface area contributed by atoms with Crippen molar-refractivity contribution in [3.8, 4) is 11.8 Å². The van der Waals surface area contributed by atoms with Crippen LogP contribution in [-0.2, 0) is 42.9 Å². The first-order chi connectivity index (χ1) is 22.2. The summed E-state index contributed by atoms with van der Waals surface area (Å²) in [6, 6.07) is 7.79. The van der Waals surface area contributed by atoms with Crippen molar-refractivity contribution in [2.24, 2.45) is 0 Å². The normalized spacial score (nSPS) is 27.1. The fraction of sp³-hybridized carbons (Fsp3) is 0.588. The van der Waals surface area contributed by atoms with Crippen LogP contribution in [-0.4, -0.2) is 92.6 Å². The Morgan fingerprint density at radius 2 is 2.04 bits per heavy atom. The Morgan fingerprint density at radius 1 is 1.15 bits per heavy atom. The molecule has 11 nitrogen and oxygen atoms in total. The second-order valence-corrected chi connectivity index (χ2v) is 14.0. The lowest BCUT2D eigenvalue weighted by Crippen LogP contribution is -2.44. The van der Waals surface area contributed by atoms with Crippen molar-refractivity contribution in [1.29, 1.82) is 0 Å². The minimum absolute atomic E-state index is 0.123. The molecule has 6 heterocycles. The monoisotopic (exact) mass is 631 g/mol. The number of carbonyl (C=O) groups is 1. The van der Waals surface area contributed by atoms with E-state index in [4.69, 9.17) is 19.4 Å². The van der Waals surface area contributed by atoms with Crippen LogP contribution in [0, 0.1) is 0 Å². The highest BCUT2D eigenvalue weighted by atomic mass is 19.1. The van der Waals surface area contributed by atoms with Gasteiger partial charge in [-0.1, -0.05) is 6.07 Å². The van der Waals surface area contributed by atoms with E-state index >= 15 is 0 Å². The Kier molecular flexibility index (Phi) is 7.20. The van der Waals surface area contributed by atoms with Crippen LogP contribution in [0.2, 0.25) is 0 Å². The molecule has 2 saturated heterocycles. The Balaban J connectivity index is 1.16. The standard InChI is InChI=1S/C34H42FN7O4/c1-39(2)31(44)28-14-24-19-40(11-5-13-42(24)38-28)30-26-20-46-34(10-3-6-22-7-8-25(43)15-27(22)34)17-29(26)36-32(37-30)45-21-33-9-4-12-41(33)18-23(35)16-33/h7-8,14-15,23,43H,3-6,9-13,16-21H2,1-2H3/t23-,33+,34+/m1/s1. The topological polar surface area (TPSA) is 109 Å². The van der Waals surface area contributed by atoms with E-state index in [0.717, 1.165) is 79.9 Å². The molecule has 5 aliphatic rings.